The van der Waals surface area contributed by atoms with Gasteiger partial charge in [0.15, 0.2) is 6.29 Å². The standard InChI is InChI=1S/C31H33N3O4/c1-22(37-30-4-2-3-17-36-30)31-33-15-16-34(31)27(21-35)12-7-23-5-8-25(9-6-23)26-10-13-28(14-11-26)38-29-18-24(19-29)20-32/h5-6,8-11,13-16,22,24,27,29-30,35H,2-4,17-19,21H2,1H3/t22-,24?,27-,29?,30?/m0/s1. The van der Waals surface area contributed by atoms with Gasteiger partial charge in [-0.05, 0) is 61.6 Å². The van der Waals surface area contributed by atoms with E-state index in [-0.39, 0.29) is 31.0 Å². The highest BCUT2D eigenvalue weighted by atomic mass is 16.7. The van der Waals surface area contributed by atoms with Crippen LogP contribution in [0.2, 0.25) is 0 Å². The Hall–Kier alpha value is -3.62. The van der Waals surface area contributed by atoms with Crippen LogP contribution in [0.15, 0.2) is 60.9 Å². The third kappa shape index (κ3) is 6.26. The summed E-state index contributed by atoms with van der Waals surface area (Å²) < 4.78 is 19.6. The number of imidazole rings is 1. The number of hydrogen-bond acceptors (Lipinski definition) is 6. The summed E-state index contributed by atoms with van der Waals surface area (Å²) in [6, 6.07) is 17.9. The summed E-state index contributed by atoms with van der Waals surface area (Å²) in [5.74, 6) is 8.07. The Morgan fingerprint density at radius 3 is 2.50 bits per heavy atom. The van der Waals surface area contributed by atoms with Crippen molar-refractivity contribution < 1.29 is 19.3 Å². The van der Waals surface area contributed by atoms with Gasteiger partial charge in [-0.3, -0.25) is 0 Å². The Kier molecular flexibility index (Phi) is 8.41. The maximum atomic E-state index is 10.1. The second kappa shape index (κ2) is 12.3. The summed E-state index contributed by atoms with van der Waals surface area (Å²) in [5.41, 5.74) is 3.04. The van der Waals surface area contributed by atoms with Gasteiger partial charge in [0.25, 0.3) is 0 Å². The molecule has 3 atom stereocenters. The predicted octanol–water partition coefficient (Wildman–Crippen LogP) is 5.42. The lowest BCUT2D eigenvalue weighted by Crippen LogP contribution is -2.32. The van der Waals surface area contributed by atoms with Crippen molar-refractivity contribution >= 4 is 0 Å². The summed E-state index contributed by atoms with van der Waals surface area (Å²) in [6.07, 6.45) is 7.85. The molecule has 0 radical (unpaired) electrons. The van der Waals surface area contributed by atoms with E-state index in [1.807, 2.05) is 66.2 Å². The molecule has 0 spiro atoms. The van der Waals surface area contributed by atoms with Gasteiger partial charge in [-0.15, -0.1) is 0 Å². The van der Waals surface area contributed by atoms with Gasteiger partial charge >= 0.3 is 0 Å². The summed E-state index contributed by atoms with van der Waals surface area (Å²) in [6.45, 7) is 2.54. The van der Waals surface area contributed by atoms with Crippen molar-refractivity contribution in [2.75, 3.05) is 13.2 Å². The van der Waals surface area contributed by atoms with Crippen LogP contribution in [-0.4, -0.2) is 40.3 Å². The normalized spacial score (nSPS) is 22.3. The van der Waals surface area contributed by atoms with Gasteiger partial charge in [-0.25, -0.2) is 4.98 Å². The zero-order chi connectivity index (χ0) is 26.3. The number of ether oxygens (including phenoxy) is 3. The van der Waals surface area contributed by atoms with Crippen molar-refractivity contribution in [1.29, 1.82) is 5.26 Å². The molecule has 7 heteroatoms. The van der Waals surface area contributed by atoms with E-state index in [0.29, 0.717) is 0 Å². The maximum absolute atomic E-state index is 10.1. The van der Waals surface area contributed by atoms with Crippen molar-refractivity contribution in [3.8, 4) is 34.8 Å². The third-order valence-corrected chi connectivity index (χ3v) is 7.10. The van der Waals surface area contributed by atoms with Crippen molar-refractivity contribution in [3.63, 3.8) is 0 Å². The molecule has 5 rings (SSSR count). The summed E-state index contributed by atoms with van der Waals surface area (Å²) >= 11 is 0. The van der Waals surface area contributed by atoms with E-state index in [2.05, 4.69) is 22.9 Å². The summed E-state index contributed by atoms with van der Waals surface area (Å²) in [5, 5.41) is 19.0. The highest BCUT2D eigenvalue weighted by Gasteiger charge is 2.30. The van der Waals surface area contributed by atoms with Gasteiger partial charge in [0, 0.05) is 37.4 Å². The van der Waals surface area contributed by atoms with Crippen LogP contribution >= 0.6 is 0 Å². The van der Waals surface area contributed by atoms with Crippen LogP contribution in [0.4, 0.5) is 0 Å². The van der Waals surface area contributed by atoms with E-state index in [4.69, 9.17) is 19.5 Å². The lowest BCUT2D eigenvalue weighted by atomic mass is 9.83. The first kappa shape index (κ1) is 26.0. The minimum Gasteiger partial charge on any atom is -0.490 e. The van der Waals surface area contributed by atoms with E-state index in [0.717, 1.165) is 67.0 Å². The van der Waals surface area contributed by atoms with Crippen molar-refractivity contribution in [3.05, 3.63) is 72.3 Å². The quantitative estimate of drug-likeness (QED) is 0.406. The SMILES string of the molecule is C[C@H](OC1CCCCO1)c1nccn1[C@@H](C#Cc1ccc(-c2ccc(OC3CC(C#N)C3)cc2)cc1)CO. The number of aliphatic hydroxyl groups excluding tert-OH is 1. The van der Waals surface area contributed by atoms with Crippen molar-refractivity contribution in [2.45, 2.75) is 63.6 Å². The van der Waals surface area contributed by atoms with Crippen molar-refractivity contribution in [2.24, 2.45) is 5.92 Å². The Balaban J connectivity index is 1.21. The molecule has 7 nitrogen and oxygen atoms in total. The zero-order valence-electron chi connectivity index (χ0n) is 21.6. The average molecular weight is 512 g/mol. The number of nitrogens with zero attached hydrogens (tertiary/aromatic N) is 3. The molecule has 38 heavy (non-hydrogen) atoms. The fourth-order valence-electron chi connectivity index (χ4n) is 4.81. The first-order valence-corrected chi connectivity index (χ1v) is 13.3. The Morgan fingerprint density at radius 1 is 1.11 bits per heavy atom. The number of nitriles is 1. The summed E-state index contributed by atoms with van der Waals surface area (Å²) in [4.78, 5) is 4.47. The smallest absolute Gasteiger partial charge is 0.158 e. The highest BCUT2D eigenvalue weighted by Crippen LogP contribution is 2.32. The van der Waals surface area contributed by atoms with Crippen LogP contribution in [0, 0.1) is 29.1 Å². The molecule has 1 aromatic heterocycles. The Bertz CT molecular complexity index is 1290. The molecule has 1 aliphatic carbocycles. The Labute approximate surface area is 224 Å². The molecule has 0 amide bonds. The van der Waals surface area contributed by atoms with E-state index in [1.54, 1.807) is 6.20 Å². The molecular formula is C31H33N3O4. The van der Waals surface area contributed by atoms with Crippen LogP contribution in [0.1, 0.15) is 62.6 Å². The van der Waals surface area contributed by atoms with Gasteiger partial charge in [-0.2, -0.15) is 5.26 Å². The van der Waals surface area contributed by atoms with E-state index in [9.17, 15) is 5.11 Å². The minimum atomic E-state index is -0.433. The molecule has 0 bridgehead atoms. The topological polar surface area (TPSA) is 89.5 Å². The second-order valence-electron chi connectivity index (χ2n) is 9.87. The van der Waals surface area contributed by atoms with Gasteiger partial charge < -0.3 is 23.9 Å². The molecule has 2 aromatic carbocycles. The maximum Gasteiger partial charge on any atom is 0.158 e. The first-order chi connectivity index (χ1) is 18.6. The molecule has 1 aliphatic heterocycles. The Morgan fingerprint density at radius 2 is 1.84 bits per heavy atom. The monoisotopic (exact) mass is 511 g/mol. The first-order valence-electron chi connectivity index (χ1n) is 13.3. The molecule has 1 N–H and O–H groups in total. The summed E-state index contributed by atoms with van der Waals surface area (Å²) in [7, 11) is 0. The molecule has 1 saturated heterocycles. The molecule has 2 heterocycles. The van der Waals surface area contributed by atoms with Gasteiger partial charge in [0.2, 0.25) is 0 Å². The zero-order valence-corrected chi connectivity index (χ0v) is 21.6. The van der Waals surface area contributed by atoms with Crippen LogP contribution in [0.3, 0.4) is 0 Å². The third-order valence-electron chi connectivity index (χ3n) is 7.10. The lowest BCUT2D eigenvalue weighted by Gasteiger charge is -2.30. The number of rotatable bonds is 8. The molecule has 2 aliphatic rings. The second-order valence-corrected chi connectivity index (χ2v) is 9.87. The highest BCUT2D eigenvalue weighted by molar-refractivity contribution is 5.65. The van der Waals surface area contributed by atoms with Crippen LogP contribution in [0.25, 0.3) is 11.1 Å². The molecular weight excluding hydrogens is 478 g/mol. The van der Waals surface area contributed by atoms with E-state index in [1.165, 1.54) is 0 Å². The predicted molar refractivity (Wildman–Crippen MR) is 143 cm³/mol. The number of hydrogen-bond donors (Lipinski definition) is 1. The fraction of sp³-hybridized carbons (Fsp3) is 0.419. The van der Waals surface area contributed by atoms with Crippen LogP contribution in [-0.2, 0) is 9.47 Å². The fourth-order valence-corrected chi connectivity index (χ4v) is 4.81. The number of benzene rings is 2. The van der Waals surface area contributed by atoms with E-state index >= 15 is 0 Å². The van der Waals surface area contributed by atoms with Crippen molar-refractivity contribution in [1.82, 2.24) is 9.55 Å². The largest absolute Gasteiger partial charge is 0.490 e. The molecule has 3 aromatic rings. The van der Waals surface area contributed by atoms with Crippen LogP contribution < -0.4 is 4.74 Å². The lowest BCUT2D eigenvalue weighted by molar-refractivity contribution is -0.188. The molecule has 1 unspecified atom stereocenters. The molecule has 2 fully saturated rings. The minimum absolute atomic E-state index is 0.131. The molecule has 1 saturated carbocycles. The molecule has 196 valence electrons. The average Bonchev–Trinajstić information content (AvgIpc) is 3.42. The van der Waals surface area contributed by atoms with Crippen LogP contribution in [0.5, 0.6) is 5.75 Å². The van der Waals surface area contributed by atoms with Gasteiger partial charge in [-0.1, -0.05) is 36.1 Å². The number of aromatic nitrogens is 2. The van der Waals surface area contributed by atoms with Gasteiger partial charge in [0.05, 0.1) is 18.6 Å². The van der Waals surface area contributed by atoms with E-state index < -0.39 is 6.04 Å². The number of aliphatic hydroxyl groups is 1. The van der Waals surface area contributed by atoms with Gasteiger partial charge in [0.1, 0.15) is 29.8 Å².